The van der Waals surface area contributed by atoms with Crippen LogP contribution in [0.15, 0.2) is 0 Å². The number of ether oxygens (including phenoxy) is 4. The van der Waals surface area contributed by atoms with Gasteiger partial charge in [0.25, 0.3) is 5.91 Å². The standard InChI is InChI=1S/C27H53N5O10/c1-13-19(34)26(39-12-27(13,2)38)42-23-18(32-24(37)20(35)15(29)8-9-28)11-17(31)22(21(23)36)41-25-16(30)7-6-14(40-25)5-3-4-10-33/h13-23,25-26,33-36,38H,3-12,28-31H2,1-2H3,(H,32,37)/t13-,14-,15+,16?,17+,18-,19?,20+,21?,22?,23?,25-,26-,27?/m1/s1. The van der Waals surface area contributed by atoms with Crippen LogP contribution < -0.4 is 28.3 Å². The number of nitrogens with one attached hydrogen (secondary N) is 1. The van der Waals surface area contributed by atoms with Crippen molar-refractivity contribution in [2.45, 2.75) is 138 Å². The summed E-state index contributed by atoms with van der Waals surface area (Å²) in [5.74, 6) is -1.43. The molecule has 0 radical (unpaired) electrons. The maximum atomic E-state index is 12.9. The van der Waals surface area contributed by atoms with Crippen LogP contribution >= 0.6 is 0 Å². The van der Waals surface area contributed by atoms with Gasteiger partial charge in [-0.1, -0.05) is 6.92 Å². The molecule has 15 heteroatoms. The number of aliphatic hydroxyl groups excluding tert-OH is 4. The predicted octanol–water partition coefficient (Wildman–Crippen LogP) is -3.53. The Morgan fingerprint density at radius 1 is 1.10 bits per heavy atom. The Hall–Kier alpha value is -1.05. The van der Waals surface area contributed by atoms with E-state index in [-0.39, 0.29) is 38.7 Å². The summed E-state index contributed by atoms with van der Waals surface area (Å²) in [6.07, 6.45) is -4.94. The Balaban J connectivity index is 1.78. The van der Waals surface area contributed by atoms with Crippen LogP contribution in [0.3, 0.4) is 0 Å². The Labute approximate surface area is 247 Å². The SMILES string of the molecule is C[C@@H]1C(O)[C@@H](OC2C(O)C(O[C@H]3O[C@H](CCCCO)CCC3N)[C@@H](N)C[C@H]2NC(=O)[C@@H](O)[C@@H](N)CCN)OCC1(C)O. The molecule has 2 aliphatic heterocycles. The predicted molar refractivity (Wildman–Crippen MR) is 150 cm³/mol. The average molecular weight is 608 g/mol. The number of aliphatic hydroxyl groups is 5. The lowest BCUT2D eigenvalue weighted by atomic mass is 9.82. The molecule has 0 aromatic rings. The molecule has 3 fully saturated rings. The van der Waals surface area contributed by atoms with E-state index >= 15 is 0 Å². The first-order valence-corrected chi connectivity index (χ1v) is 15.0. The van der Waals surface area contributed by atoms with Crippen LogP contribution in [0, 0.1) is 5.92 Å². The Bertz CT molecular complexity index is 843. The van der Waals surface area contributed by atoms with Crippen molar-refractivity contribution in [1.29, 1.82) is 0 Å². The molecule has 14 N–H and O–H groups in total. The smallest absolute Gasteiger partial charge is 0.250 e. The molecule has 3 rings (SSSR count). The maximum absolute atomic E-state index is 12.9. The molecule has 1 aliphatic carbocycles. The second kappa shape index (κ2) is 15.8. The molecule has 3 aliphatic rings. The van der Waals surface area contributed by atoms with Crippen LogP contribution in [0.25, 0.3) is 0 Å². The highest BCUT2D eigenvalue weighted by molar-refractivity contribution is 5.81. The van der Waals surface area contributed by atoms with Gasteiger partial charge < -0.3 is 72.7 Å². The van der Waals surface area contributed by atoms with Gasteiger partial charge in [0.15, 0.2) is 12.6 Å². The van der Waals surface area contributed by atoms with E-state index in [1.165, 1.54) is 6.92 Å². The summed E-state index contributed by atoms with van der Waals surface area (Å²) < 4.78 is 24.0. The summed E-state index contributed by atoms with van der Waals surface area (Å²) in [5.41, 5.74) is 22.9. The lowest BCUT2D eigenvalue weighted by Gasteiger charge is -2.48. The average Bonchev–Trinajstić information content (AvgIpc) is 2.94. The Morgan fingerprint density at radius 2 is 1.79 bits per heavy atom. The van der Waals surface area contributed by atoms with Gasteiger partial charge in [-0.2, -0.15) is 0 Å². The van der Waals surface area contributed by atoms with E-state index in [1.807, 2.05) is 0 Å². The third kappa shape index (κ3) is 8.78. The Morgan fingerprint density at radius 3 is 2.45 bits per heavy atom. The zero-order valence-corrected chi connectivity index (χ0v) is 24.7. The summed E-state index contributed by atoms with van der Waals surface area (Å²) >= 11 is 0. The normalized spacial score (nSPS) is 42.6. The third-order valence-electron chi connectivity index (χ3n) is 8.85. The fraction of sp³-hybridized carbons (Fsp3) is 0.963. The van der Waals surface area contributed by atoms with Crippen molar-refractivity contribution >= 4 is 5.91 Å². The zero-order chi connectivity index (χ0) is 31.2. The van der Waals surface area contributed by atoms with Crippen molar-refractivity contribution in [2.75, 3.05) is 19.8 Å². The van der Waals surface area contributed by atoms with Crippen molar-refractivity contribution in [1.82, 2.24) is 5.32 Å². The lowest BCUT2D eigenvalue weighted by Crippen LogP contribution is -2.68. The van der Waals surface area contributed by atoms with Gasteiger partial charge in [0.05, 0.1) is 30.4 Å². The molecule has 1 amide bonds. The molecule has 0 spiro atoms. The van der Waals surface area contributed by atoms with E-state index in [1.54, 1.807) is 6.92 Å². The largest absolute Gasteiger partial charge is 0.396 e. The van der Waals surface area contributed by atoms with Gasteiger partial charge in [-0.05, 0) is 58.4 Å². The molecule has 6 unspecified atom stereocenters. The summed E-state index contributed by atoms with van der Waals surface area (Å²) in [5, 5.41) is 55.1. The van der Waals surface area contributed by atoms with Crippen LogP contribution in [0.5, 0.6) is 0 Å². The quantitative estimate of drug-likeness (QED) is 0.0909. The van der Waals surface area contributed by atoms with Crippen LogP contribution in [0.2, 0.25) is 0 Å². The highest BCUT2D eigenvalue weighted by Crippen LogP contribution is 2.34. The fourth-order valence-corrected chi connectivity index (χ4v) is 5.77. The molecular weight excluding hydrogens is 554 g/mol. The topological polar surface area (TPSA) is 271 Å². The highest BCUT2D eigenvalue weighted by Gasteiger charge is 2.51. The molecule has 2 saturated heterocycles. The molecule has 2 heterocycles. The van der Waals surface area contributed by atoms with Crippen molar-refractivity contribution < 1.29 is 49.3 Å². The first-order valence-electron chi connectivity index (χ1n) is 15.0. The number of carbonyl (C=O) groups excluding carboxylic acids is 1. The van der Waals surface area contributed by atoms with E-state index < -0.39 is 84.7 Å². The fourth-order valence-electron chi connectivity index (χ4n) is 5.77. The number of rotatable bonds is 13. The lowest BCUT2D eigenvalue weighted by molar-refractivity contribution is -0.314. The van der Waals surface area contributed by atoms with E-state index in [4.69, 9.17) is 47.0 Å². The van der Waals surface area contributed by atoms with Crippen LogP contribution in [-0.2, 0) is 23.7 Å². The zero-order valence-electron chi connectivity index (χ0n) is 24.7. The van der Waals surface area contributed by atoms with Gasteiger partial charge in [0, 0.05) is 24.6 Å². The van der Waals surface area contributed by atoms with Gasteiger partial charge in [0.1, 0.15) is 30.5 Å². The van der Waals surface area contributed by atoms with Crippen molar-refractivity contribution in [2.24, 2.45) is 28.9 Å². The van der Waals surface area contributed by atoms with E-state index in [0.717, 1.165) is 19.3 Å². The maximum Gasteiger partial charge on any atom is 0.250 e. The van der Waals surface area contributed by atoms with Crippen molar-refractivity contribution in [3.63, 3.8) is 0 Å². The number of amides is 1. The molecule has 0 aromatic carbocycles. The van der Waals surface area contributed by atoms with Gasteiger partial charge >= 0.3 is 0 Å². The van der Waals surface area contributed by atoms with Crippen LogP contribution in [0.1, 0.15) is 58.8 Å². The molecule has 0 aromatic heterocycles. The molecule has 0 bridgehead atoms. The summed E-state index contributed by atoms with van der Waals surface area (Å²) in [4.78, 5) is 12.9. The monoisotopic (exact) mass is 607 g/mol. The number of unbranched alkanes of at least 4 members (excludes halogenated alkanes) is 1. The summed E-state index contributed by atoms with van der Waals surface area (Å²) in [6.45, 7) is 3.32. The minimum Gasteiger partial charge on any atom is -0.396 e. The van der Waals surface area contributed by atoms with Crippen LogP contribution in [0.4, 0.5) is 0 Å². The summed E-state index contributed by atoms with van der Waals surface area (Å²) in [6, 6.07) is -3.11. The molecule has 15 nitrogen and oxygen atoms in total. The van der Waals surface area contributed by atoms with Gasteiger partial charge in [-0.15, -0.1) is 0 Å². The van der Waals surface area contributed by atoms with Gasteiger partial charge in [0.2, 0.25) is 0 Å². The molecule has 246 valence electrons. The van der Waals surface area contributed by atoms with Crippen LogP contribution in [-0.4, -0.2) is 130 Å². The highest BCUT2D eigenvalue weighted by atomic mass is 16.7. The van der Waals surface area contributed by atoms with Crippen molar-refractivity contribution in [3.05, 3.63) is 0 Å². The third-order valence-corrected chi connectivity index (χ3v) is 8.85. The Kier molecular flexibility index (Phi) is 13.3. The molecule has 1 saturated carbocycles. The minimum atomic E-state index is -1.57. The second-order valence-electron chi connectivity index (χ2n) is 12.3. The second-order valence-corrected chi connectivity index (χ2v) is 12.3. The van der Waals surface area contributed by atoms with E-state index in [0.29, 0.717) is 12.8 Å². The minimum absolute atomic E-state index is 0.0644. The van der Waals surface area contributed by atoms with E-state index in [9.17, 15) is 25.2 Å². The first kappa shape index (κ1) is 35.4. The number of hydrogen-bond acceptors (Lipinski definition) is 14. The summed E-state index contributed by atoms with van der Waals surface area (Å²) in [7, 11) is 0. The molecular formula is C27H53N5O10. The number of carbonyl (C=O) groups is 1. The molecule has 42 heavy (non-hydrogen) atoms. The van der Waals surface area contributed by atoms with Gasteiger partial charge in [-0.3, -0.25) is 4.79 Å². The van der Waals surface area contributed by atoms with E-state index in [2.05, 4.69) is 5.32 Å². The van der Waals surface area contributed by atoms with Gasteiger partial charge in [-0.25, -0.2) is 0 Å². The number of hydrogen-bond donors (Lipinski definition) is 10. The first-order chi connectivity index (χ1) is 19.8. The molecule has 14 atom stereocenters. The van der Waals surface area contributed by atoms with Crippen molar-refractivity contribution in [3.8, 4) is 0 Å². The number of nitrogens with two attached hydrogens (primary N) is 4.